The van der Waals surface area contributed by atoms with Gasteiger partial charge in [0.25, 0.3) is 0 Å². The summed E-state index contributed by atoms with van der Waals surface area (Å²) in [5, 5.41) is 12.4. The molecule has 0 saturated heterocycles. The molecule has 2 aromatic carbocycles. The van der Waals surface area contributed by atoms with Crippen LogP contribution in [0.3, 0.4) is 0 Å². The van der Waals surface area contributed by atoms with Crippen molar-refractivity contribution >= 4 is 28.1 Å². The first-order valence-electron chi connectivity index (χ1n) is 8.65. The summed E-state index contributed by atoms with van der Waals surface area (Å²) in [5.41, 5.74) is 2.35. The Morgan fingerprint density at radius 1 is 1.12 bits per heavy atom. The van der Waals surface area contributed by atoms with E-state index in [0.717, 1.165) is 36.2 Å². The lowest BCUT2D eigenvalue weighted by atomic mass is 10.1. The van der Waals surface area contributed by atoms with E-state index in [0.29, 0.717) is 6.54 Å². The topological polar surface area (TPSA) is 49.3 Å². The van der Waals surface area contributed by atoms with E-state index in [9.17, 15) is 0 Å². The molecule has 0 unspecified atom stereocenters. The summed E-state index contributed by atoms with van der Waals surface area (Å²) in [4.78, 5) is 9.20. The average molecular weight is 353 g/mol. The number of hydrogen-bond donors (Lipinski definition) is 2. The van der Waals surface area contributed by atoms with E-state index in [2.05, 4.69) is 70.4 Å². The molecule has 0 radical (unpaired) electrons. The minimum atomic E-state index is 0.663. The molecule has 0 fully saturated rings. The molecule has 0 saturated carbocycles. The highest BCUT2D eigenvalue weighted by Gasteiger charge is 2.01. The van der Waals surface area contributed by atoms with Crippen molar-refractivity contribution in [2.45, 2.75) is 26.8 Å². The quantitative estimate of drug-likeness (QED) is 0.522. The SMILES string of the molecule is CCNC(=NCc1ccc2ccccc2c1)NCCc1csc(C)n1. The normalized spacial score (nSPS) is 11.7. The molecule has 0 amide bonds. The van der Waals surface area contributed by atoms with Gasteiger partial charge in [-0.1, -0.05) is 36.4 Å². The molecule has 0 aliphatic heterocycles. The lowest BCUT2D eigenvalue weighted by molar-refractivity contribution is 0.790. The number of guanidine groups is 1. The van der Waals surface area contributed by atoms with Gasteiger partial charge in [0, 0.05) is 24.9 Å². The second-order valence-electron chi connectivity index (χ2n) is 5.91. The molecular formula is C20H24N4S. The second-order valence-corrected chi connectivity index (χ2v) is 6.97. The number of aryl methyl sites for hydroxylation is 1. The van der Waals surface area contributed by atoms with Crippen LogP contribution in [-0.2, 0) is 13.0 Å². The van der Waals surface area contributed by atoms with Crippen LogP contribution in [0, 0.1) is 6.92 Å². The maximum atomic E-state index is 4.70. The van der Waals surface area contributed by atoms with Gasteiger partial charge in [0.15, 0.2) is 5.96 Å². The number of benzene rings is 2. The van der Waals surface area contributed by atoms with Gasteiger partial charge in [-0.05, 0) is 36.2 Å². The number of aliphatic imine (C=N–C) groups is 1. The molecule has 2 N–H and O–H groups in total. The third-order valence-corrected chi connectivity index (χ3v) is 4.74. The van der Waals surface area contributed by atoms with Crippen molar-refractivity contribution in [3.05, 3.63) is 64.1 Å². The summed E-state index contributed by atoms with van der Waals surface area (Å²) in [6, 6.07) is 14.9. The molecule has 1 aromatic heterocycles. The highest BCUT2D eigenvalue weighted by atomic mass is 32.1. The Morgan fingerprint density at radius 3 is 2.72 bits per heavy atom. The monoisotopic (exact) mass is 352 g/mol. The third-order valence-electron chi connectivity index (χ3n) is 3.92. The van der Waals surface area contributed by atoms with Crippen molar-refractivity contribution in [2.75, 3.05) is 13.1 Å². The Balaban J connectivity index is 1.60. The summed E-state index contributed by atoms with van der Waals surface area (Å²) in [7, 11) is 0. The lowest BCUT2D eigenvalue weighted by Crippen LogP contribution is -2.38. The fourth-order valence-corrected chi connectivity index (χ4v) is 3.33. The molecule has 0 spiro atoms. The van der Waals surface area contributed by atoms with Gasteiger partial charge in [0.05, 0.1) is 17.2 Å². The zero-order chi connectivity index (χ0) is 17.5. The minimum absolute atomic E-state index is 0.663. The van der Waals surface area contributed by atoms with Crippen molar-refractivity contribution < 1.29 is 0 Å². The van der Waals surface area contributed by atoms with Crippen LogP contribution in [0.4, 0.5) is 0 Å². The maximum Gasteiger partial charge on any atom is 0.191 e. The van der Waals surface area contributed by atoms with Crippen molar-refractivity contribution in [2.24, 2.45) is 4.99 Å². The summed E-state index contributed by atoms with van der Waals surface area (Å²) < 4.78 is 0. The second kappa shape index (κ2) is 8.62. The number of hydrogen-bond acceptors (Lipinski definition) is 3. The molecule has 130 valence electrons. The van der Waals surface area contributed by atoms with E-state index in [1.807, 2.05) is 6.92 Å². The van der Waals surface area contributed by atoms with Crippen LogP contribution in [0.2, 0.25) is 0 Å². The summed E-state index contributed by atoms with van der Waals surface area (Å²) in [6.45, 7) is 6.45. The zero-order valence-corrected chi connectivity index (χ0v) is 15.6. The van der Waals surface area contributed by atoms with Crippen LogP contribution >= 0.6 is 11.3 Å². The third kappa shape index (κ3) is 5.03. The number of fused-ring (bicyclic) bond motifs is 1. The Morgan fingerprint density at radius 2 is 1.96 bits per heavy atom. The van der Waals surface area contributed by atoms with Gasteiger partial charge in [-0.15, -0.1) is 11.3 Å². The van der Waals surface area contributed by atoms with Gasteiger partial charge < -0.3 is 10.6 Å². The summed E-state index contributed by atoms with van der Waals surface area (Å²) >= 11 is 1.70. The Kier molecular flexibility index (Phi) is 6.01. The van der Waals surface area contributed by atoms with Gasteiger partial charge in [0.2, 0.25) is 0 Å². The molecule has 4 nitrogen and oxygen atoms in total. The van der Waals surface area contributed by atoms with Crippen molar-refractivity contribution in [3.8, 4) is 0 Å². The number of nitrogens with zero attached hydrogens (tertiary/aromatic N) is 2. The Labute approximate surface area is 153 Å². The molecule has 25 heavy (non-hydrogen) atoms. The molecule has 0 atom stereocenters. The minimum Gasteiger partial charge on any atom is -0.357 e. The predicted octanol–water partition coefficient (Wildman–Crippen LogP) is 3.90. The number of thiazole rings is 1. The number of aromatic nitrogens is 1. The van der Waals surface area contributed by atoms with E-state index in [4.69, 9.17) is 4.99 Å². The predicted molar refractivity (Wildman–Crippen MR) is 107 cm³/mol. The lowest BCUT2D eigenvalue weighted by Gasteiger charge is -2.11. The van der Waals surface area contributed by atoms with E-state index >= 15 is 0 Å². The van der Waals surface area contributed by atoms with Crippen LogP contribution in [-0.4, -0.2) is 24.0 Å². The van der Waals surface area contributed by atoms with Crippen LogP contribution in [0.1, 0.15) is 23.2 Å². The zero-order valence-electron chi connectivity index (χ0n) is 14.7. The molecule has 5 heteroatoms. The first-order valence-corrected chi connectivity index (χ1v) is 9.53. The molecule has 3 rings (SSSR count). The van der Waals surface area contributed by atoms with Crippen molar-refractivity contribution in [1.29, 1.82) is 0 Å². The molecule has 0 aliphatic carbocycles. The first-order chi connectivity index (χ1) is 12.2. The number of rotatable bonds is 6. The largest absolute Gasteiger partial charge is 0.357 e. The molecule has 0 bridgehead atoms. The summed E-state index contributed by atoms with van der Waals surface area (Å²) in [5.74, 6) is 0.850. The van der Waals surface area contributed by atoms with Crippen LogP contribution in [0.25, 0.3) is 10.8 Å². The van der Waals surface area contributed by atoms with E-state index in [1.165, 1.54) is 16.3 Å². The fraction of sp³-hybridized carbons (Fsp3) is 0.300. The molecule has 0 aliphatic rings. The first kappa shape index (κ1) is 17.4. The molecular weight excluding hydrogens is 328 g/mol. The summed E-state index contributed by atoms with van der Waals surface area (Å²) in [6.07, 6.45) is 0.907. The maximum absolute atomic E-state index is 4.70. The average Bonchev–Trinajstić information content (AvgIpc) is 3.04. The van der Waals surface area contributed by atoms with E-state index < -0.39 is 0 Å². The highest BCUT2D eigenvalue weighted by molar-refractivity contribution is 7.09. The van der Waals surface area contributed by atoms with E-state index in [-0.39, 0.29) is 0 Å². The van der Waals surface area contributed by atoms with Gasteiger partial charge in [-0.3, -0.25) is 0 Å². The standard InChI is InChI=1S/C20H24N4S/c1-3-21-20(22-11-10-19-14-25-15(2)24-19)23-13-16-8-9-17-6-4-5-7-18(17)12-16/h4-9,12,14H,3,10-11,13H2,1-2H3,(H2,21,22,23). The van der Waals surface area contributed by atoms with E-state index in [1.54, 1.807) is 11.3 Å². The fourth-order valence-electron chi connectivity index (χ4n) is 2.68. The van der Waals surface area contributed by atoms with Gasteiger partial charge in [-0.2, -0.15) is 0 Å². The van der Waals surface area contributed by atoms with Gasteiger partial charge in [-0.25, -0.2) is 9.98 Å². The number of nitrogens with one attached hydrogen (secondary N) is 2. The van der Waals surface area contributed by atoms with Gasteiger partial charge >= 0.3 is 0 Å². The van der Waals surface area contributed by atoms with Crippen molar-refractivity contribution in [1.82, 2.24) is 15.6 Å². The Bertz CT molecular complexity index is 854. The van der Waals surface area contributed by atoms with Crippen LogP contribution in [0.5, 0.6) is 0 Å². The molecule has 3 aromatic rings. The smallest absolute Gasteiger partial charge is 0.191 e. The van der Waals surface area contributed by atoms with Gasteiger partial charge in [0.1, 0.15) is 0 Å². The highest BCUT2D eigenvalue weighted by Crippen LogP contribution is 2.16. The Hall–Kier alpha value is -2.40. The van der Waals surface area contributed by atoms with Crippen molar-refractivity contribution in [3.63, 3.8) is 0 Å². The molecule has 1 heterocycles. The van der Waals surface area contributed by atoms with Crippen LogP contribution < -0.4 is 10.6 Å². The van der Waals surface area contributed by atoms with Crippen LogP contribution in [0.15, 0.2) is 52.8 Å².